The third kappa shape index (κ3) is 3.11. The van der Waals surface area contributed by atoms with E-state index in [1.54, 1.807) is 0 Å². The molecule has 0 unspecified atom stereocenters. The number of anilines is 1. The fourth-order valence-corrected chi connectivity index (χ4v) is 4.13. The van der Waals surface area contributed by atoms with Crippen molar-refractivity contribution in [3.05, 3.63) is 47.8 Å². The van der Waals surface area contributed by atoms with Gasteiger partial charge in [-0.3, -0.25) is 9.58 Å². The summed E-state index contributed by atoms with van der Waals surface area (Å²) >= 11 is 0. The summed E-state index contributed by atoms with van der Waals surface area (Å²) in [6, 6.07) is 10.5. The van der Waals surface area contributed by atoms with E-state index in [9.17, 15) is 0 Å². The van der Waals surface area contributed by atoms with Gasteiger partial charge in [0, 0.05) is 51.4 Å². The lowest BCUT2D eigenvalue weighted by molar-refractivity contribution is 0.285. The van der Waals surface area contributed by atoms with Crippen LogP contribution in [-0.4, -0.2) is 55.8 Å². The second-order valence-corrected chi connectivity index (χ2v) is 7.62. The molecule has 1 N–H and O–H groups in total. The fraction of sp³-hybridized carbons (Fsp3) is 0.381. The Labute approximate surface area is 164 Å². The molecule has 1 saturated heterocycles. The van der Waals surface area contributed by atoms with Crippen LogP contribution in [0.25, 0.3) is 22.1 Å². The first-order valence-corrected chi connectivity index (χ1v) is 9.88. The fourth-order valence-electron chi connectivity index (χ4n) is 4.13. The summed E-state index contributed by atoms with van der Waals surface area (Å²) in [5.74, 6) is 0.983. The molecule has 5 rings (SSSR count). The SMILES string of the molecule is Cc1nn(C)c2ncc(CN3CCCN(c4nc5ccccc5[nH]4)CC3)cc12. The molecule has 0 amide bonds. The van der Waals surface area contributed by atoms with Crippen LogP contribution in [0.15, 0.2) is 36.5 Å². The van der Waals surface area contributed by atoms with Crippen LogP contribution in [0.4, 0.5) is 5.95 Å². The molecule has 4 heterocycles. The lowest BCUT2D eigenvalue weighted by Gasteiger charge is -2.21. The maximum Gasteiger partial charge on any atom is 0.203 e. The highest BCUT2D eigenvalue weighted by atomic mass is 15.3. The van der Waals surface area contributed by atoms with Gasteiger partial charge in [-0.25, -0.2) is 9.97 Å². The van der Waals surface area contributed by atoms with Crippen LogP contribution < -0.4 is 4.90 Å². The quantitative estimate of drug-likeness (QED) is 0.596. The van der Waals surface area contributed by atoms with Gasteiger partial charge in [-0.2, -0.15) is 5.10 Å². The van der Waals surface area contributed by atoms with Gasteiger partial charge in [-0.15, -0.1) is 0 Å². The first-order valence-electron chi connectivity index (χ1n) is 9.88. The van der Waals surface area contributed by atoms with E-state index in [0.29, 0.717) is 0 Å². The molecular formula is C21H25N7. The Morgan fingerprint density at radius 3 is 2.89 bits per heavy atom. The summed E-state index contributed by atoms with van der Waals surface area (Å²) < 4.78 is 1.85. The van der Waals surface area contributed by atoms with E-state index in [1.165, 1.54) is 5.56 Å². The molecule has 0 aliphatic carbocycles. The summed E-state index contributed by atoms with van der Waals surface area (Å²) in [5.41, 5.74) is 5.38. The van der Waals surface area contributed by atoms with Crippen molar-refractivity contribution < 1.29 is 0 Å². The second-order valence-electron chi connectivity index (χ2n) is 7.62. The Balaban J connectivity index is 1.30. The van der Waals surface area contributed by atoms with Gasteiger partial charge in [0.2, 0.25) is 5.95 Å². The van der Waals surface area contributed by atoms with E-state index in [4.69, 9.17) is 4.98 Å². The van der Waals surface area contributed by atoms with Gasteiger partial charge in [0.1, 0.15) is 0 Å². The molecule has 0 atom stereocenters. The summed E-state index contributed by atoms with van der Waals surface area (Å²) in [5, 5.41) is 5.63. The average Bonchev–Trinajstić information content (AvgIpc) is 3.15. The zero-order chi connectivity index (χ0) is 19.1. The standard InChI is InChI=1S/C21H25N7/c1-15-17-12-16(13-22-20(17)26(2)25-15)14-27-8-5-9-28(11-10-27)21-23-18-6-3-4-7-19(18)24-21/h3-4,6-7,12-13H,5,8-11,14H2,1-2H3,(H,23,24). The third-order valence-corrected chi connectivity index (χ3v) is 5.59. The maximum absolute atomic E-state index is 4.77. The molecule has 0 radical (unpaired) electrons. The third-order valence-electron chi connectivity index (χ3n) is 5.59. The van der Waals surface area contributed by atoms with E-state index in [-0.39, 0.29) is 0 Å². The molecule has 0 bridgehead atoms. The number of rotatable bonds is 3. The number of imidazole rings is 1. The first-order chi connectivity index (χ1) is 13.7. The molecule has 0 saturated carbocycles. The lowest BCUT2D eigenvalue weighted by Crippen LogP contribution is -2.31. The molecule has 7 nitrogen and oxygen atoms in total. The van der Waals surface area contributed by atoms with Gasteiger partial charge in [0.25, 0.3) is 0 Å². The van der Waals surface area contributed by atoms with E-state index in [0.717, 1.165) is 72.9 Å². The van der Waals surface area contributed by atoms with E-state index < -0.39 is 0 Å². The Morgan fingerprint density at radius 1 is 1.11 bits per heavy atom. The van der Waals surface area contributed by atoms with Crippen molar-refractivity contribution in [3.8, 4) is 0 Å². The van der Waals surface area contributed by atoms with Crippen molar-refractivity contribution in [3.63, 3.8) is 0 Å². The second kappa shape index (κ2) is 6.91. The molecule has 7 heteroatoms. The minimum absolute atomic E-state index is 0.922. The van der Waals surface area contributed by atoms with Crippen molar-refractivity contribution in [2.45, 2.75) is 19.9 Å². The van der Waals surface area contributed by atoms with Crippen molar-refractivity contribution in [2.24, 2.45) is 7.05 Å². The number of aromatic amines is 1. The monoisotopic (exact) mass is 375 g/mol. The largest absolute Gasteiger partial charge is 0.341 e. The number of benzene rings is 1. The summed E-state index contributed by atoms with van der Waals surface area (Å²) in [6.07, 6.45) is 3.12. The number of fused-ring (bicyclic) bond motifs is 2. The minimum Gasteiger partial charge on any atom is -0.341 e. The molecular weight excluding hydrogens is 350 g/mol. The summed E-state index contributed by atoms with van der Waals surface area (Å²) in [4.78, 5) is 17.7. The average molecular weight is 375 g/mol. The van der Waals surface area contributed by atoms with Crippen molar-refractivity contribution in [1.29, 1.82) is 0 Å². The molecule has 28 heavy (non-hydrogen) atoms. The topological polar surface area (TPSA) is 65.9 Å². The van der Waals surface area contributed by atoms with Crippen LogP contribution in [0.2, 0.25) is 0 Å². The van der Waals surface area contributed by atoms with E-state index in [1.807, 2.05) is 37.0 Å². The summed E-state index contributed by atoms with van der Waals surface area (Å²) in [7, 11) is 1.95. The first kappa shape index (κ1) is 17.2. The van der Waals surface area contributed by atoms with Crippen molar-refractivity contribution in [1.82, 2.24) is 29.6 Å². The number of H-pyrrole nitrogens is 1. The molecule has 3 aromatic heterocycles. The van der Waals surface area contributed by atoms with Gasteiger partial charge in [-0.05, 0) is 37.1 Å². The number of aryl methyl sites for hydroxylation is 2. The Bertz CT molecular complexity index is 1090. The highest BCUT2D eigenvalue weighted by molar-refractivity contribution is 5.78. The molecule has 4 aromatic rings. The van der Waals surface area contributed by atoms with Gasteiger partial charge >= 0.3 is 0 Å². The van der Waals surface area contributed by atoms with Crippen LogP contribution in [0.5, 0.6) is 0 Å². The highest BCUT2D eigenvalue weighted by Crippen LogP contribution is 2.20. The number of pyridine rings is 1. The molecule has 1 aliphatic rings. The number of hydrogen-bond donors (Lipinski definition) is 1. The maximum atomic E-state index is 4.77. The van der Waals surface area contributed by atoms with Gasteiger partial charge in [-0.1, -0.05) is 12.1 Å². The number of para-hydroxylation sites is 2. The Kier molecular flexibility index (Phi) is 4.24. The number of nitrogens with zero attached hydrogens (tertiary/aromatic N) is 6. The van der Waals surface area contributed by atoms with Crippen molar-refractivity contribution in [2.75, 3.05) is 31.1 Å². The van der Waals surface area contributed by atoms with Crippen LogP contribution in [0.1, 0.15) is 17.7 Å². The smallest absolute Gasteiger partial charge is 0.203 e. The van der Waals surface area contributed by atoms with Crippen LogP contribution in [-0.2, 0) is 13.6 Å². The number of aromatic nitrogens is 5. The zero-order valence-electron chi connectivity index (χ0n) is 16.4. The molecule has 144 valence electrons. The Morgan fingerprint density at radius 2 is 2.00 bits per heavy atom. The minimum atomic E-state index is 0.922. The van der Waals surface area contributed by atoms with Gasteiger partial charge in [0.15, 0.2) is 5.65 Å². The van der Waals surface area contributed by atoms with Gasteiger partial charge < -0.3 is 9.88 Å². The number of nitrogens with one attached hydrogen (secondary N) is 1. The van der Waals surface area contributed by atoms with Crippen LogP contribution >= 0.6 is 0 Å². The molecule has 1 aliphatic heterocycles. The molecule has 0 spiro atoms. The summed E-state index contributed by atoms with van der Waals surface area (Å²) in [6.45, 7) is 7.06. The lowest BCUT2D eigenvalue weighted by atomic mass is 10.2. The Hall–Kier alpha value is -2.93. The van der Waals surface area contributed by atoms with Crippen LogP contribution in [0, 0.1) is 6.92 Å². The van der Waals surface area contributed by atoms with Crippen LogP contribution in [0.3, 0.4) is 0 Å². The molecule has 1 aromatic carbocycles. The zero-order valence-corrected chi connectivity index (χ0v) is 16.4. The van der Waals surface area contributed by atoms with Gasteiger partial charge in [0.05, 0.1) is 16.7 Å². The predicted octanol–water partition coefficient (Wildman–Crippen LogP) is 2.87. The van der Waals surface area contributed by atoms with E-state index in [2.05, 4.69) is 43.1 Å². The predicted molar refractivity (Wildman–Crippen MR) is 111 cm³/mol. The van der Waals surface area contributed by atoms with Crippen molar-refractivity contribution >= 4 is 28.0 Å². The van der Waals surface area contributed by atoms with E-state index >= 15 is 0 Å². The highest BCUT2D eigenvalue weighted by Gasteiger charge is 2.18. The number of hydrogen-bond acceptors (Lipinski definition) is 5. The molecule has 1 fully saturated rings. The normalized spacial score (nSPS) is 16.1.